The van der Waals surface area contributed by atoms with E-state index in [-0.39, 0.29) is 5.91 Å². The molecule has 0 bridgehead atoms. The topological polar surface area (TPSA) is 82.8 Å². The Morgan fingerprint density at radius 2 is 1.59 bits per heavy atom. The van der Waals surface area contributed by atoms with E-state index < -0.39 is 0 Å². The molecule has 1 N–H and O–H groups in total. The maximum atomic E-state index is 13.2. The molecule has 0 aliphatic heterocycles. The number of carbonyl (C=O) groups is 1. The molecule has 0 aliphatic carbocycles. The molecule has 7 heteroatoms. The van der Waals surface area contributed by atoms with Crippen LogP contribution in [-0.4, -0.2) is 30.7 Å². The van der Waals surface area contributed by atoms with E-state index in [0.717, 1.165) is 16.6 Å². The Balaban J connectivity index is 1.67. The quantitative estimate of drug-likeness (QED) is 0.318. The molecule has 7 nitrogen and oxygen atoms in total. The average molecular weight is 461 g/mol. The fourth-order valence-electron chi connectivity index (χ4n) is 3.70. The van der Waals surface area contributed by atoms with Crippen molar-refractivity contribution in [2.45, 2.75) is 27.7 Å². The smallest absolute Gasteiger partial charge is 0.255 e. The van der Waals surface area contributed by atoms with Crippen LogP contribution in [0.5, 0.6) is 17.2 Å². The molecular formula is C27H28N2O5. The molecule has 0 spiro atoms. The highest BCUT2D eigenvalue weighted by Gasteiger charge is 2.20. The Morgan fingerprint density at radius 3 is 2.24 bits per heavy atom. The Bertz CT molecular complexity index is 1250. The zero-order valence-electron chi connectivity index (χ0n) is 19.8. The number of rotatable bonds is 9. The lowest BCUT2D eigenvalue weighted by atomic mass is 10.1. The lowest BCUT2D eigenvalue weighted by Gasteiger charge is -2.17. The third kappa shape index (κ3) is 4.69. The van der Waals surface area contributed by atoms with Crippen LogP contribution < -0.4 is 19.5 Å². The zero-order valence-corrected chi connectivity index (χ0v) is 19.8. The maximum Gasteiger partial charge on any atom is 0.255 e. The molecule has 4 rings (SSSR count). The van der Waals surface area contributed by atoms with Crippen molar-refractivity contribution in [3.05, 3.63) is 65.7 Å². The van der Waals surface area contributed by atoms with Crippen molar-refractivity contribution in [3.8, 4) is 28.7 Å². The van der Waals surface area contributed by atoms with Crippen LogP contribution in [0.4, 0.5) is 5.69 Å². The maximum absolute atomic E-state index is 13.2. The van der Waals surface area contributed by atoms with Crippen LogP contribution in [0.3, 0.4) is 0 Å². The summed E-state index contributed by atoms with van der Waals surface area (Å²) in [5.41, 5.74) is 4.23. The summed E-state index contributed by atoms with van der Waals surface area (Å²) in [5.74, 6) is 1.66. The molecule has 1 aromatic heterocycles. The monoisotopic (exact) mass is 460 g/mol. The minimum absolute atomic E-state index is 0.289. The van der Waals surface area contributed by atoms with Crippen LogP contribution >= 0.6 is 0 Å². The number of benzene rings is 3. The highest BCUT2D eigenvalue weighted by atomic mass is 16.5. The molecule has 176 valence electrons. The van der Waals surface area contributed by atoms with Gasteiger partial charge in [0.05, 0.1) is 19.8 Å². The van der Waals surface area contributed by atoms with E-state index >= 15 is 0 Å². The lowest BCUT2D eigenvalue weighted by molar-refractivity contribution is 0.102. The Labute approximate surface area is 198 Å². The zero-order chi connectivity index (χ0) is 24.1. The summed E-state index contributed by atoms with van der Waals surface area (Å²) in [4.78, 5) is 17.8. The van der Waals surface area contributed by atoms with Gasteiger partial charge in [0, 0.05) is 16.8 Å². The molecule has 1 amide bonds. The highest BCUT2D eigenvalue weighted by Crippen LogP contribution is 2.39. The van der Waals surface area contributed by atoms with E-state index in [9.17, 15) is 4.79 Å². The average Bonchev–Trinajstić information content (AvgIpc) is 3.26. The summed E-state index contributed by atoms with van der Waals surface area (Å²) >= 11 is 0. The Kier molecular flexibility index (Phi) is 7.01. The minimum Gasteiger partial charge on any atom is -0.490 e. The number of nitrogens with zero attached hydrogens (tertiary/aromatic N) is 1. The van der Waals surface area contributed by atoms with Gasteiger partial charge in [0.25, 0.3) is 5.91 Å². The highest BCUT2D eigenvalue weighted by molar-refractivity contribution is 6.06. The van der Waals surface area contributed by atoms with Crippen LogP contribution in [0, 0.1) is 6.92 Å². The first kappa shape index (κ1) is 23.2. The second-order valence-corrected chi connectivity index (χ2v) is 7.52. The van der Waals surface area contributed by atoms with Crippen molar-refractivity contribution in [1.82, 2.24) is 4.98 Å². The van der Waals surface area contributed by atoms with Crippen molar-refractivity contribution >= 4 is 22.7 Å². The van der Waals surface area contributed by atoms with Gasteiger partial charge in [-0.1, -0.05) is 18.2 Å². The number of anilines is 1. The number of oxazole rings is 1. The fraction of sp³-hybridized carbons (Fsp3) is 0.259. The number of para-hydroxylation sites is 2. The molecule has 0 fully saturated rings. The number of fused-ring (bicyclic) bond motifs is 1. The van der Waals surface area contributed by atoms with Gasteiger partial charge in [-0.15, -0.1) is 0 Å². The van der Waals surface area contributed by atoms with E-state index in [2.05, 4.69) is 10.3 Å². The molecule has 0 saturated heterocycles. The second kappa shape index (κ2) is 10.3. The number of hydrogen-bond acceptors (Lipinski definition) is 6. The van der Waals surface area contributed by atoms with E-state index in [4.69, 9.17) is 18.6 Å². The molecule has 1 heterocycles. The number of aromatic nitrogens is 1. The summed E-state index contributed by atoms with van der Waals surface area (Å²) in [6, 6.07) is 16.6. The SMILES string of the molecule is CCOc1cc(C(=O)Nc2cccc(-c3nc4ccccc4o3)c2C)cc(OCC)c1OCC. The normalized spacial score (nSPS) is 10.8. The summed E-state index contributed by atoms with van der Waals surface area (Å²) < 4.78 is 23.1. The standard InChI is InChI=1S/C27H28N2O5/c1-5-31-23-15-18(16-24(32-6-2)25(23)33-7-3)26(30)28-20-13-10-11-19(17(20)4)27-29-21-12-8-9-14-22(21)34-27/h8-16H,5-7H2,1-4H3,(H,28,30). The van der Waals surface area contributed by atoms with E-state index in [1.807, 2.05) is 70.2 Å². The van der Waals surface area contributed by atoms with Crippen molar-refractivity contribution in [1.29, 1.82) is 0 Å². The largest absolute Gasteiger partial charge is 0.490 e. The van der Waals surface area contributed by atoms with Crippen molar-refractivity contribution in [2.24, 2.45) is 0 Å². The first-order chi connectivity index (χ1) is 16.5. The van der Waals surface area contributed by atoms with E-state index in [1.165, 1.54) is 0 Å². The van der Waals surface area contributed by atoms with Gasteiger partial charge < -0.3 is 23.9 Å². The van der Waals surface area contributed by atoms with Crippen molar-refractivity contribution in [3.63, 3.8) is 0 Å². The van der Waals surface area contributed by atoms with Crippen molar-refractivity contribution in [2.75, 3.05) is 25.1 Å². The second-order valence-electron chi connectivity index (χ2n) is 7.52. The first-order valence-corrected chi connectivity index (χ1v) is 11.4. The lowest BCUT2D eigenvalue weighted by Crippen LogP contribution is -2.14. The first-order valence-electron chi connectivity index (χ1n) is 11.4. The van der Waals surface area contributed by atoms with Crippen molar-refractivity contribution < 1.29 is 23.4 Å². The molecule has 0 aliphatic rings. The van der Waals surface area contributed by atoms with Crippen LogP contribution in [0.2, 0.25) is 0 Å². The van der Waals surface area contributed by atoms with Crippen LogP contribution in [0.15, 0.2) is 59.0 Å². The summed E-state index contributed by atoms with van der Waals surface area (Å²) in [6.07, 6.45) is 0. The predicted molar refractivity (Wildman–Crippen MR) is 132 cm³/mol. The van der Waals surface area contributed by atoms with Gasteiger partial charge in [-0.25, -0.2) is 4.98 Å². The van der Waals surface area contributed by atoms with Crippen LogP contribution in [0.25, 0.3) is 22.6 Å². The van der Waals surface area contributed by atoms with Gasteiger partial charge in [-0.05, 0) is 69.7 Å². The molecular weight excluding hydrogens is 432 g/mol. The predicted octanol–water partition coefficient (Wildman–Crippen LogP) is 6.25. The van der Waals surface area contributed by atoms with Gasteiger partial charge >= 0.3 is 0 Å². The molecule has 0 saturated carbocycles. The minimum atomic E-state index is -0.289. The number of amides is 1. The molecule has 34 heavy (non-hydrogen) atoms. The van der Waals surface area contributed by atoms with Gasteiger partial charge in [-0.3, -0.25) is 4.79 Å². The Morgan fingerprint density at radius 1 is 0.912 bits per heavy atom. The number of hydrogen-bond donors (Lipinski definition) is 1. The van der Waals surface area contributed by atoms with E-state index in [1.54, 1.807) is 12.1 Å². The third-order valence-corrected chi connectivity index (χ3v) is 5.28. The number of carbonyl (C=O) groups excluding carboxylic acids is 1. The third-order valence-electron chi connectivity index (χ3n) is 5.28. The number of nitrogens with one attached hydrogen (secondary N) is 1. The fourth-order valence-corrected chi connectivity index (χ4v) is 3.70. The summed E-state index contributed by atoms with van der Waals surface area (Å²) in [6.45, 7) is 8.89. The van der Waals surface area contributed by atoms with Crippen LogP contribution in [-0.2, 0) is 0 Å². The molecule has 0 atom stereocenters. The summed E-state index contributed by atoms with van der Waals surface area (Å²) in [7, 11) is 0. The van der Waals surface area contributed by atoms with Gasteiger partial charge in [-0.2, -0.15) is 0 Å². The summed E-state index contributed by atoms with van der Waals surface area (Å²) in [5, 5.41) is 3.00. The van der Waals surface area contributed by atoms with Gasteiger partial charge in [0.15, 0.2) is 17.1 Å². The number of ether oxygens (including phenoxy) is 3. The molecule has 4 aromatic rings. The van der Waals surface area contributed by atoms with E-state index in [0.29, 0.717) is 59.8 Å². The van der Waals surface area contributed by atoms with Gasteiger partial charge in [0.2, 0.25) is 11.6 Å². The Hall–Kier alpha value is -4.00. The van der Waals surface area contributed by atoms with Crippen LogP contribution in [0.1, 0.15) is 36.7 Å². The molecule has 0 radical (unpaired) electrons. The molecule has 3 aromatic carbocycles. The van der Waals surface area contributed by atoms with Gasteiger partial charge in [0.1, 0.15) is 5.52 Å². The molecule has 0 unspecified atom stereocenters.